The summed E-state index contributed by atoms with van der Waals surface area (Å²) >= 11 is 5.96. The van der Waals surface area contributed by atoms with Crippen molar-refractivity contribution in [2.24, 2.45) is 0 Å². The van der Waals surface area contributed by atoms with Gasteiger partial charge in [-0.15, -0.1) is 6.42 Å². The zero-order valence-electron chi connectivity index (χ0n) is 10.4. The number of halogens is 1. The fraction of sp³-hybridized carbons (Fsp3) is 0.143. The molecule has 0 atom stereocenters. The third-order valence-electron chi connectivity index (χ3n) is 2.12. The van der Waals surface area contributed by atoms with Gasteiger partial charge in [0.25, 0.3) is 5.91 Å². The minimum atomic E-state index is -1.05. The van der Waals surface area contributed by atoms with E-state index in [1.807, 2.05) is 0 Å². The lowest BCUT2D eigenvalue weighted by atomic mass is 10.2. The molecule has 2 N–H and O–H groups in total. The zero-order chi connectivity index (χ0) is 15.0. The topological polar surface area (TPSA) is 75.6 Å². The Morgan fingerprint density at radius 2 is 2.25 bits per heavy atom. The average Bonchev–Trinajstić information content (AvgIpc) is 2.41. The molecule has 5 nitrogen and oxygen atoms in total. The van der Waals surface area contributed by atoms with Crippen molar-refractivity contribution in [2.45, 2.75) is 0 Å². The third-order valence-corrected chi connectivity index (χ3v) is 2.42. The molecule has 0 fully saturated rings. The number of ether oxygens (including phenoxy) is 1. The number of hydrogen-bond acceptors (Lipinski definition) is 3. The first-order valence-corrected chi connectivity index (χ1v) is 5.94. The van der Waals surface area contributed by atoms with Crippen molar-refractivity contribution in [3.05, 3.63) is 34.9 Å². The van der Waals surface area contributed by atoms with E-state index in [-0.39, 0.29) is 24.1 Å². The molecule has 0 unspecified atom stereocenters. The van der Waals surface area contributed by atoms with Crippen molar-refractivity contribution in [1.82, 2.24) is 5.32 Å². The average molecular weight is 294 g/mol. The number of nitrogens with one attached hydrogen (secondary N) is 1. The number of amides is 1. The van der Waals surface area contributed by atoms with Crippen molar-refractivity contribution >= 4 is 29.6 Å². The molecule has 0 heterocycles. The molecule has 1 amide bonds. The van der Waals surface area contributed by atoms with Crippen LogP contribution in [-0.2, 0) is 9.59 Å². The predicted octanol–water partition coefficient (Wildman–Crippen LogP) is 1.57. The van der Waals surface area contributed by atoms with E-state index < -0.39 is 5.97 Å². The van der Waals surface area contributed by atoms with Crippen LogP contribution in [0.3, 0.4) is 0 Å². The van der Waals surface area contributed by atoms with Gasteiger partial charge in [-0.25, -0.2) is 4.79 Å². The highest BCUT2D eigenvalue weighted by molar-refractivity contribution is 6.32. The zero-order valence-corrected chi connectivity index (χ0v) is 11.2. The summed E-state index contributed by atoms with van der Waals surface area (Å²) in [7, 11) is 0. The van der Waals surface area contributed by atoms with Crippen LogP contribution in [0, 0.1) is 12.3 Å². The van der Waals surface area contributed by atoms with Gasteiger partial charge in [-0.3, -0.25) is 4.79 Å². The normalized spacial score (nSPS) is 10.0. The standard InChI is InChI=1S/C14H12ClNO4/c1-2-7-16-13(17)9-20-12-5-3-10(8-11(12)15)4-6-14(18)19/h1,3-6,8H,7,9H2,(H,16,17)(H,18,19). The molecule has 0 aliphatic heterocycles. The van der Waals surface area contributed by atoms with E-state index in [4.69, 9.17) is 27.9 Å². The number of benzene rings is 1. The molecule has 0 radical (unpaired) electrons. The van der Waals surface area contributed by atoms with Crippen molar-refractivity contribution in [1.29, 1.82) is 0 Å². The SMILES string of the molecule is C#CCNC(=O)COc1ccc(C=CC(=O)O)cc1Cl. The number of aliphatic carboxylic acids is 1. The van der Waals surface area contributed by atoms with Crippen LogP contribution in [0.2, 0.25) is 5.02 Å². The fourth-order valence-corrected chi connectivity index (χ4v) is 1.49. The molecule has 6 heteroatoms. The number of carbonyl (C=O) groups is 2. The summed E-state index contributed by atoms with van der Waals surface area (Å²) < 4.78 is 5.22. The van der Waals surface area contributed by atoms with Gasteiger partial charge in [0, 0.05) is 6.08 Å². The number of rotatable bonds is 6. The Morgan fingerprint density at radius 1 is 1.50 bits per heavy atom. The van der Waals surface area contributed by atoms with Gasteiger partial charge < -0.3 is 15.2 Å². The summed E-state index contributed by atoms with van der Waals surface area (Å²) in [6.45, 7) is -0.0689. The van der Waals surface area contributed by atoms with Crippen LogP contribution in [0.25, 0.3) is 6.08 Å². The van der Waals surface area contributed by atoms with Crippen molar-refractivity contribution in [3.8, 4) is 18.1 Å². The van der Waals surface area contributed by atoms with E-state index in [9.17, 15) is 9.59 Å². The van der Waals surface area contributed by atoms with Gasteiger partial charge in [0.15, 0.2) is 6.61 Å². The molecule has 0 aliphatic rings. The van der Waals surface area contributed by atoms with Crippen molar-refractivity contribution in [3.63, 3.8) is 0 Å². The minimum Gasteiger partial charge on any atom is -0.482 e. The highest BCUT2D eigenvalue weighted by Gasteiger charge is 2.05. The van der Waals surface area contributed by atoms with Gasteiger partial charge in [-0.1, -0.05) is 23.6 Å². The molecular weight excluding hydrogens is 282 g/mol. The van der Waals surface area contributed by atoms with E-state index in [1.54, 1.807) is 12.1 Å². The third kappa shape index (κ3) is 5.46. The Balaban J connectivity index is 2.62. The molecule has 1 rings (SSSR count). The Hall–Kier alpha value is -2.45. The Labute approximate surface area is 121 Å². The lowest BCUT2D eigenvalue weighted by Gasteiger charge is -2.08. The van der Waals surface area contributed by atoms with E-state index in [1.165, 1.54) is 12.1 Å². The molecule has 0 spiro atoms. The van der Waals surface area contributed by atoms with Crippen LogP contribution in [0.4, 0.5) is 0 Å². The van der Waals surface area contributed by atoms with Gasteiger partial charge >= 0.3 is 5.97 Å². The lowest BCUT2D eigenvalue weighted by Crippen LogP contribution is -2.29. The molecule has 0 saturated carbocycles. The summed E-state index contributed by atoms with van der Waals surface area (Å²) in [5, 5.41) is 11.2. The maximum Gasteiger partial charge on any atom is 0.328 e. The molecule has 0 aliphatic carbocycles. The lowest BCUT2D eigenvalue weighted by molar-refractivity contribution is -0.131. The van der Waals surface area contributed by atoms with Gasteiger partial charge in [-0.2, -0.15) is 0 Å². The van der Waals surface area contributed by atoms with Crippen LogP contribution < -0.4 is 10.1 Å². The highest BCUT2D eigenvalue weighted by atomic mass is 35.5. The van der Waals surface area contributed by atoms with E-state index in [0.29, 0.717) is 11.3 Å². The van der Waals surface area contributed by atoms with Gasteiger partial charge in [0.05, 0.1) is 11.6 Å². The second kappa shape index (κ2) is 7.87. The fourth-order valence-electron chi connectivity index (χ4n) is 1.25. The van der Waals surface area contributed by atoms with Crippen LogP contribution in [0.1, 0.15) is 5.56 Å². The van der Waals surface area contributed by atoms with Crippen molar-refractivity contribution in [2.75, 3.05) is 13.2 Å². The summed E-state index contributed by atoms with van der Waals surface area (Å²) in [4.78, 5) is 21.7. The minimum absolute atomic E-state index is 0.134. The molecule has 20 heavy (non-hydrogen) atoms. The second-order valence-corrected chi connectivity index (χ2v) is 4.04. The first-order valence-electron chi connectivity index (χ1n) is 5.56. The molecule has 0 aromatic heterocycles. The molecule has 0 bridgehead atoms. The monoisotopic (exact) mass is 293 g/mol. The number of carboxylic acid groups (broad SMARTS) is 1. The molecule has 104 valence electrons. The number of carboxylic acids is 1. The maximum atomic E-state index is 11.3. The smallest absolute Gasteiger partial charge is 0.328 e. The Morgan fingerprint density at radius 3 is 2.85 bits per heavy atom. The van der Waals surface area contributed by atoms with Crippen molar-refractivity contribution < 1.29 is 19.4 Å². The molecule has 1 aromatic rings. The summed E-state index contributed by atoms with van der Waals surface area (Å²) in [5.41, 5.74) is 0.613. The van der Waals surface area contributed by atoms with Gasteiger partial charge in [0.2, 0.25) is 0 Å². The molecule has 1 aromatic carbocycles. The van der Waals surface area contributed by atoms with E-state index >= 15 is 0 Å². The predicted molar refractivity (Wildman–Crippen MR) is 75.5 cm³/mol. The molecule has 0 saturated heterocycles. The number of carbonyl (C=O) groups excluding carboxylic acids is 1. The van der Waals surface area contributed by atoms with Crippen LogP contribution in [0.15, 0.2) is 24.3 Å². The summed E-state index contributed by atoms with van der Waals surface area (Å²) in [6.07, 6.45) is 7.40. The molecular formula is C14H12ClNO4. The second-order valence-electron chi connectivity index (χ2n) is 3.63. The van der Waals surface area contributed by atoms with Gasteiger partial charge in [-0.05, 0) is 23.8 Å². The summed E-state index contributed by atoms with van der Waals surface area (Å²) in [6, 6.07) is 4.72. The van der Waals surface area contributed by atoms with Crippen LogP contribution in [0.5, 0.6) is 5.75 Å². The van der Waals surface area contributed by atoms with Crippen LogP contribution in [-0.4, -0.2) is 30.1 Å². The first kappa shape index (κ1) is 15.6. The maximum absolute atomic E-state index is 11.3. The van der Waals surface area contributed by atoms with E-state index in [0.717, 1.165) is 6.08 Å². The van der Waals surface area contributed by atoms with E-state index in [2.05, 4.69) is 11.2 Å². The number of terminal acetylenes is 1. The Kier molecular flexibility index (Phi) is 6.14. The quantitative estimate of drug-likeness (QED) is 0.616. The number of hydrogen-bond donors (Lipinski definition) is 2. The first-order chi connectivity index (χ1) is 9.52. The summed E-state index contributed by atoms with van der Waals surface area (Å²) in [5.74, 6) is 1.20. The Bertz CT molecular complexity index is 575. The van der Waals surface area contributed by atoms with Gasteiger partial charge in [0.1, 0.15) is 5.75 Å². The van der Waals surface area contributed by atoms with Crippen LogP contribution >= 0.6 is 11.6 Å². The highest BCUT2D eigenvalue weighted by Crippen LogP contribution is 2.25. The largest absolute Gasteiger partial charge is 0.482 e.